The Kier molecular flexibility index (Phi) is 7.69. The minimum atomic E-state index is -1.04. The summed E-state index contributed by atoms with van der Waals surface area (Å²) in [5, 5.41) is 0. The van der Waals surface area contributed by atoms with Crippen LogP contribution in [0.25, 0.3) is 0 Å². The van der Waals surface area contributed by atoms with Crippen molar-refractivity contribution in [2.45, 2.75) is 13.0 Å². The second-order valence-corrected chi connectivity index (χ2v) is 13.9. The second kappa shape index (κ2) is 7.22. The molecule has 0 aromatic rings. The van der Waals surface area contributed by atoms with Crippen LogP contribution in [0.1, 0.15) is 0 Å². The molecule has 0 aliphatic carbocycles. The van der Waals surface area contributed by atoms with Crippen molar-refractivity contribution in [3.8, 4) is 0 Å². The Morgan fingerprint density at radius 3 is 1.42 bits per heavy atom. The Hall–Kier alpha value is 0.790. The van der Waals surface area contributed by atoms with Crippen molar-refractivity contribution in [1.82, 2.24) is 9.80 Å². The zero-order valence-electron chi connectivity index (χ0n) is 9.30. The fourth-order valence-electron chi connectivity index (χ4n) is 1.10. The van der Waals surface area contributed by atoms with Gasteiger partial charge in [-0.2, -0.15) is 0 Å². The molecule has 0 heterocycles. The maximum atomic E-state index is 2.55. The molecule has 0 N–H and O–H groups in total. The maximum absolute atomic E-state index is 2.55. The summed E-state index contributed by atoms with van der Waals surface area (Å²) in [4.78, 5) is 4.62. The van der Waals surface area contributed by atoms with Crippen molar-refractivity contribution < 1.29 is 0 Å². The summed E-state index contributed by atoms with van der Waals surface area (Å²) in [5.74, 6) is 0. The molecular weight excluding hydrogens is 251 g/mol. The van der Waals surface area contributed by atoms with Crippen LogP contribution in [0.3, 0.4) is 0 Å². The topological polar surface area (TPSA) is 6.48 Å². The van der Waals surface area contributed by atoms with Gasteiger partial charge in [0.15, 0.2) is 0 Å². The van der Waals surface area contributed by atoms with Gasteiger partial charge in [0.2, 0.25) is 0 Å². The van der Waals surface area contributed by atoms with Gasteiger partial charge >= 0.3 is 85.6 Å². The fourth-order valence-corrected chi connectivity index (χ4v) is 7.39. The number of rotatable bonds is 6. The molecule has 0 saturated heterocycles. The van der Waals surface area contributed by atoms with Gasteiger partial charge in [0.25, 0.3) is 0 Å². The summed E-state index contributed by atoms with van der Waals surface area (Å²) in [6.45, 7) is 2.62. The Bertz CT molecular complexity index is 92.7. The molecule has 0 rings (SSSR count). The van der Waals surface area contributed by atoms with Crippen molar-refractivity contribution in [3.05, 3.63) is 0 Å². The summed E-state index contributed by atoms with van der Waals surface area (Å²) in [7, 11) is 8.68. The van der Waals surface area contributed by atoms with Gasteiger partial charge in [-0.05, 0) is 0 Å². The first-order chi connectivity index (χ1) is 5.52. The zero-order valence-corrected chi connectivity index (χ0v) is 12.6. The van der Waals surface area contributed by atoms with E-state index in [-0.39, 0.29) is 0 Å². The standard InChI is InChI=1S/2C4H10N.CH3.In/c2*1-4-5(2)3;;/h2*1,4H2,2-3H3;1H3;. The van der Waals surface area contributed by atoms with Gasteiger partial charge < -0.3 is 0 Å². The van der Waals surface area contributed by atoms with Crippen molar-refractivity contribution >= 4 is 21.4 Å². The predicted octanol–water partition coefficient (Wildman–Crippen LogP) is 1.23. The van der Waals surface area contributed by atoms with E-state index in [0.717, 1.165) is 0 Å². The van der Waals surface area contributed by atoms with Crippen LogP contribution in [0.4, 0.5) is 0 Å². The van der Waals surface area contributed by atoms with Gasteiger partial charge in [0.1, 0.15) is 0 Å². The molecule has 0 bridgehead atoms. The molecule has 0 unspecified atom stereocenters. The third-order valence-corrected chi connectivity index (χ3v) is 9.24. The van der Waals surface area contributed by atoms with E-state index in [9.17, 15) is 0 Å². The Morgan fingerprint density at radius 1 is 0.833 bits per heavy atom. The molecule has 0 spiro atoms. The van der Waals surface area contributed by atoms with E-state index in [4.69, 9.17) is 0 Å². The molecular formula is C9H23InN2. The first-order valence-corrected chi connectivity index (χ1v) is 12.8. The fraction of sp³-hybridized carbons (Fsp3) is 1.00. The van der Waals surface area contributed by atoms with Crippen LogP contribution in [-0.2, 0) is 0 Å². The summed E-state index contributed by atoms with van der Waals surface area (Å²) in [6, 6.07) is 0. The SMILES string of the molecule is CN(C)C[CH2][In]([CH3])[CH2]CN(C)C. The summed E-state index contributed by atoms with van der Waals surface area (Å²) in [6.07, 6.45) is 0. The van der Waals surface area contributed by atoms with E-state index in [1.807, 2.05) is 0 Å². The molecule has 0 aliphatic rings. The van der Waals surface area contributed by atoms with E-state index in [1.54, 1.807) is 0 Å². The van der Waals surface area contributed by atoms with E-state index >= 15 is 0 Å². The Labute approximate surface area is 85.5 Å². The molecule has 0 fully saturated rings. The van der Waals surface area contributed by atoms with Gasteiger partial charge in [-0.3, -0.25) is 0 Å². The average Bonchev–Trinajstić information content (AvgIpc) is 1.96. The van der Waals surface area contributed by atoms with Gasteiger partial charge in [0.05, 0.1) is 0 Å². The van der Waals surface area contributed by atoms with Crippen molar-refractivity contribution in [2.75, 3.05) is 41.3 Å². The zero-order chi connectivity index (χ0) is 9.56. The van der Waals surface area contributed by atoms with E-state index in [0.29, 0.717) is 0 Å². The van der Waals surface area contributed by atoms with Crippen LogP contribution < -0.4 is 0 Å². The molecule has 12 heavy (non-hydrogen) atoms. The van der Waals surface area contributed by atoms with Crippen molar-refractivity contribution in [3.63, 3.8) is 0 Å². The number of nitrogens with zero attached hydrogens (tertiary/aromatic N) is 2. The van der Waals surface area contributed by atoms with E-state index in [1.165, 1.54) is 21.4 Å². The molecule has 0 aromatic carbocycles. The third-order valence-electron chi connectivity index (χ3n) is 2.14. The number of hydrogen-bond donors (Lipinski definition) is 0. The minimum absolute atomic E-state index is 1.04. The predicted molar refractivity (Wildman–Crippen MR) is 58.3 cm³/mol. The van der Waals surface area contributed by atoms with Crippen LogP contribution in [0.2, 0.25) is 13.0 Å². The third kappa shape index (κ3) is 8.88. The van der Waals surface area contributed by atoms with E-state index < -0.39 is 21.4 Å². The molecule has 2 nitrogen and oxygen atoms in total. The van der Waals surface area contributed by atoms with Crippen LogP contribution in [-0.4, -0.2) is 72.5 Å². The van der Waals surface area contributed by atoms with Crippen LogP contribution in [0, 0.1) is 0 Å². The van der Waals surface area contributed by atoms with Crippen LogP contribution >= 0.6 is 0 Å². The Morgan fingerprint density at radius 2 is 1.17 bits per heavy atom. The van der Waals surface area contributed by atoms with Gasteiger partial charge in [-0.25, -0.2) is 0 Å². The summed E-state index contributed by atoms with van der Waals surface area (Å²) in [5.41, 5.74) is 0. The molecule has 3 heteroatoms. The summed E-state index contributed by atoms with van der Waals surface area (Å²) >= 11 is -1.04. The quantitative estimate of drug-likeness (QED) is 0.719. The van der Waals surface area contributed by atoms with Crippen molar-refractivity contribution in [2.24, 2.45) is 0 Å². The first-order valence-electron chi connectivity index (χ1n) is 4.82. The molecule has 0 saturated carbocycles. The van der Waals surface area contributed by atoms with Crippen LogP contribution in [0.5, 0.6) is 0 Å². The van der Waals surface area contributed by atoms with E-state index in [2.05, 4.69) is 42.7 Å². The molecule has 72 valence electrons. The Balaban J connectivity index is 3.27. The molecule has 0 radical (unpaired) electrons. The number of hydrogen-bond acceptors (Lipinski definition) is 2. The molecule has 0 aromatic heterocycles. The van der Waals surface area contributed by atoms with Gasteiger partial charge in [-0.15, -0.1) is 0 Å². The second-order valence-electron chi connectivity index (χ2n) is 4.29. The van der Waals surface area contributed by atoms with Crippen LogP contribution in [0.15, 0.2) is 0 Å². The first kappa shape index (κ1) is 12.8. The molecule has 0 amide bonds. The van der Waals surface area contributed by atoms with Gasteiger partial charge in [0, 0.05) is 0 Å². The van der Waals surface area contributed by atoms with Gasteiger partial charge in [-0.1, -0.05) is 0 Å². The average molecular weight is 274 g/mol. The normalized spacial score (nSPS) is 11.2. The molecule has 0 atom stereocenters. The van der Waals surface area contributed by atoms with Crippen molar-refractivity contribution in [1.29, 1.82) is 0 Å². The molecule has 0 aliphatic heterocycles. The summed E-state index contributed by atoms with van der Waals surface area (Å²) < 4.78 is 5.61. The monoisotopic (exact) mass is 274 g/mol.